The van der Waals surface area contributed by atoms with Crippen molar-refractivity contribution in [3.05, 3.63) is 24.5 Å². The zero-order valence-electron chi connectivity index (χ0n) is 20.1. The third-order valence-corrected chi connectivity index (χ3v) is 6.87. The van der Waals surface area contributed by atoms with E-state index in [1.165, 1.54) is 0 Å². The topological polar surface area (TPSA) is 111 Å². The molecule has 5 rings (SSSR count). The van der Waals surface area contributed by atoms with Crippen LogP contribution in [0.1, 0.15) is 45.4 Å². The van der Waals surface area contributed by atoms with Gasteiger partial charge in [-0.25, -0.2) is 24.9 Å². The Bertz CT molecular complexity index is 1160. The maximum atomic E-state index is 13.7. The molecule has 0 unspecified atom stereocenters. The summed E-state index contributed by atoms with van der Waals surface area (Å²) in [7, 11) is 0. The van der Waals surface area contributed by atoms with Crippen LogP contribution in [0.4, 0.5) is 5.82 Å². The van der Waals surface area contributed by atoms with Crippen molar-refractivity contribution in [2.45, 2.75) is 65.1 Å². The van der Waals surface area contributed by atoms with Crippen molar-refractivity contribution < 1.29 is 9.53 Å². The molecule has 3 aromatic rings. The van der Waals surface area contributed by atoms with Gasteiger partial charge in [-0.05, 0) is 39.5 Å². The van der Waals surface area contributed by atoms with E-state index in [0.717, 1.165) is 42.7 Å². The molecule has 34 heavy (non-hydrogen) atoms. The smallest absolute Gasteiger partial charge is 0.245 e. The first-order valence-electron chi connectivity index (χ1n) is 12.2. The van der Waals surface area contributed by atoms with Crippen LogP contribution in [0.15, 0.2) is 18.7 Å². The van der Waals surface area contributed by atoms with E-state index >= 15 is 0 Å². The minimum absolute atomic E-state index is 0.0484. The quantitative estimate of drug-likeness (QED) is 0.593. The molecule has 1 saturated carbocycles. The Morgan fingerprint density at radius 3 is 2.68 bits per heavy atom. The molecule has 1 amide bonds. The highest BCUT2D eigenvalue weighted by Gasteiger charge is 2.36. The Hall–Kier alpha value is -3.14. The first-order valence-corrected chi connectivity index (χ1v) is 12.2. The maximum Gasteiger partial charge on any atom is 0.245 e. The van der Waals surface area contributed by atoms with Crippen molar-refractivity contribution in [1.29, 1.82) is 0 Å². The van der Waals surface area contributed by atoms with Gasteiger partial charge in [0.25, 0.3) is 0 Å². The lowest BCUT2D eigenvalue weighted by Crippen LogP contribution is -2.52. The molecule has 10 heteroatoms. The first-order chi connectivity index (χ1) is 16.5. The van der Waals surface area contributed by atoms with Gasteiger partial charge in [-0.3, -0.25) is 4.79 Å². The molecular formula is C24H32N8O2. The Morgan fingerprint density at radius 1 is 1.21 bits per heavy atom. The van der Waals surface area contributed by atoms with Crippen LogP contribution in [0.5, 0.6) is 0 Å². The van der Waals surface area contributed by atoms with E-state index in [1.54, 1.807) is 18.7 Å². The molecule has 0 radical (unpaired) electrons. The predicted octanol–water partition coefficient (Wildman–Crippen LogP) is 2.83. The van der Waals surface area contributed by atoms with Crippen molar-refractivity contribution in [3.8, 4) is 11.4 Å². The minimum atomic E-state index is -0.344. The van der Waals surface area contributed by atoms with Gasteiger partial charge in [0.1, 0.15) is 24.0 Å². The molecule has 2 fully saturated rings. The van der Waals surface area contributed by atoms with Gasteiger partial charge in [0.05, 0.1) is 18.3 Å². The van der Waals surface area contributed by atoms with Crippen molar-refractivity contribution in [1.82, 2.24) is 34.4 Å². The number of morpholine rings is 1. The van der Waals surface area contributed by atoms with Gasteiger partial charge in [0.2, 0.25) is 5.91 Å². The number of rotatable bonds is 6. The Balaban J connectivity index is 1.51. The normalized spacial score (nSPS) is 20.1. The minimum Gasteiger partial charge on any atom is -0.375 e. The lowest BCUT2D eigenvalue weighted by atomic mass is 9.96. The molecule has 10 nitrogen and oxygen atoms in total. The largest absolute Gasteiger partial charge is 0.375 e. The summed E-state index contributed by atoms with van der Waals surface area (Å²) in [6.07, 6.45) is 9.52. The second-order valence-corrected chi connectivity index (χ2v) is 9.23. The van der Waals surface area contributed by atoms with Gasteiger partial charge in [0, 0.05) is 32.0 Å². The van der Waals surface area contributed by atoms with Crippen LogP contribution in [0.3, 0.4) is 0 Å². The average Bonchev–Trinajstić information content (AvgIpc) is 3.51. The van der Waals surface area contributed by atoms with Crippen molar-refractivity contribution in [2.24, 2.45) is 5.92 Å². The number of carbonyl (C=O) groups is 1. The molecule has 1 N–H and O–H groups in total. The van der Waals surface area contributed by atoms with Gasteiger partial charge in [-0.2, -0.15) is 0 Å². The molecule has 1 aliphatic carbocycles. The second kappa shape index (κ2) is 9.61. The third kappa shape index (κ3) is 4.34. The number of nitrogens with one attached hydrogen (secondary N) is 1. The van der Waals surface area contributed by atoms with E-state index < -0.39 is 0 Å². The Labute approximate surface area is 199 Å². The number of fused-ring (bicyclic) bond motifs is 1. The maximum absolute atomic E-state index is 13.7. The summed E-state index contributed by atoms with van der Waals surface area (Å²) >= 11 is 0. The Kier molecular flexibility index (Phi) is 6.40. The summed E-state index contributed by atoms with van der Waals surface area (Å²) in [5, 5.41) is 3.51. The monoisotopic (exact) mass is 464 g/mol. The molecule has 3 aromatic heterocycles. The standard InChI is InChI=1S/C24H32N8O2/c1-4-32-22(18-11-25-16(3)26-12-18)30-20-21(27-14-28-23(20)32)29-19(17-7-5-6-8-17)24(33)31-9-10-34-15(2)13-31/h11-12,14-15,17,19H,4-10,13H2,1-3H3,(H,27,28,29)/t15-,19-/m0/s1. The van der Waals surface area contributed by atoms with Crippen LogP contribution in [-0.4, -0.2) is 72.1 Å². The fraction of sp³-hybridized carbons (Fsp3) is 0.583. The van der Waals surface area contributed by atoms with Gasteiger partial charge < -0.3 is 19.5 Å². The number of carbonyl (C=O) groups excluding carboxylic acids is 1. The van der Waals surface area contributed by atoms with Gasteiger partial charge in [-0.15, -0.1) is 0 Å². The number of hydrogen-bond donors (Lipinski definition) is 1. The molecule has 2 aliphatic rings. The number of amides is 1. The summed E-state index contributed by atoms with van der Waals surface area (Å²) < 4.78 is 7.69. The zero-order valence-corrected chi connectivity index (χ0v) is 20.1. The van der Waals surface area contributed by atoms with Crippen LogP contribution in [0, 0.1) is 12.8 Å². The molecule has 1 aliphatic heterocycles. The fourth-order valence-corrected chi connectivity index (χ4v) is 5.10. The molecule has 4 heterocycles. The number of ether oxygens (including phenoxy) is 1. The molecule has 0 aromatic carbocycles. The van der Waals surface area contributed by atoms with Gasteiger partial charge in [0.15, 0.2) is 17.0 Å². The fourth-order valence-electron chi connectivity index (χ4n) is 5.10. The van der Waals surface area contributed by atoms with Crippen LogP contribution >= 0.6 is 0 Å². The summed E-state index contributed by atoms with van der Waals surface area (Å²) in [6, 6.07) is -0.344. The van der Waals surface area contributed by atoms with Crippen LogP contribution in [-0.2, 0) is 16.1 Å². The second-order valence-electron chi connectivity index (χ2n) is 9.23. The highest BCUT2D eigenvalue weighted by Crippen LogP contribution is 2.32. The van der Waals surface area contributed by atoms with Crippen LogP contribution in [0.2, 0.25) is 0 Å². The average molecular weight is 465 g/mol. The number of imidazole rings is 1. The molecule has 1 saturated heterocycles. The van der Waals surface area contributed by atoms with Gasteiger partial charge in [-0.1, -0.05) is 12.8 Å². The lowest BCUT2D eigenvalue weighted by molar-refractivity contribution is -0.140. The predicted molar refractivity (Wildman–Crippen MR) is 128 cm³/mol. The first kappa shape index (κ1) is 22.6. The molecular weight excluding hydrogens is 432 g/mol. The molecule has 0 spiro atoms. The molecule has 0 bridgehead atoms. The highest BCUT2D eigenvalue weighted by atomic mass is 16.5. The van der Waals surface area contributed by atoms with Crippen LogP contribution < -0.4 is 5.32 Å². The van der Waals surface area contributed by atoms with E-state index in [2.05, 4.69) is 32.2 Å². The summed E-state index contributed by atoms with van der Waals surface area (Å²) in [4.78, 5) is 38.2. The number of anilines is 1. The van der Waals surface area contributed by atoms with Crippen molar-refractivity contribution in [2.75, 3.05) is 25.0 Å². The van der Waals surface area contributed by atoms with E-state index in [-0.39, 0.29) is 24.0 Å². The van der Waals surface area contributed by atoms with E-state index in [0.29, 0.717) is 43.4 Å². The van der Waals surface area contributed by atoms with Gasteiger partial charge >= 0.3 is 0 Å². The number of hydrogen-bond acceptors (Lipinski definition) is 8. The highest BCUT2D eigenvalue weighted by molar-refractivity contribution is 5.90. The van der Waals surface area contributed by atoms with Crippen molar-refractivity contribution >= 4 is 22.9 Å². The van der Waals surface area contributed by atoms with E-state index in [1.807, 2.05) is 23.3 Å². The summed E-state index contributed by atoms with van der Waals surface area (Å²) in [6.45, 7) is 8.42. The summed E-state index contributed by atoms with van der Waals surface area (Å²) in [5.41, 5.74) is 2.21. The van der Waals surface area contributed by atoms with Crippen molar-refractivity contribution in [3.63, 3.8) is 0 Å². The summed E-state index contributed by atoms with van der Waals surface area (Å²) in [5.74, 6) is 2.44. The third-order valence-electron chi connectivity index (χ3n) is 6.87. The van der Waals surface area contributed by atoms with Crippen LogP contribution in [0.25, 0.3) is 22.6 Å². The van der Waals surface area contributed by atoms with E-state index in [4.69, 9.17) is 9.72 Å². The lowest BCUT2D eigenvalue weighted by Gasteiger charge is -2.35. The Morgan fingerprint density at radius 2 is 1.97 bits per heavy atom. The number of aromatic nitrogens is 6. The molecule has 180 valence electrons. The molecule has 2 atom stereocenters. The SMILES string of the molecule is CCn1c(-c2cnc(C)nc2)nc2c(N[C@H](C(=O)N3CCO[C@@H](C)C3)C3CCCC3)ncnc21. The van der Waals surface area contributed by atoms with E-state index in [9.17, 15) is 4.79 Å². The zero-order chi connectivity index (χ0) is 23.7. The number of aryl methyl sites for hydroxylation is 2. The number of nitrogens with zero attached hydrogens (tertiary/aromatic N) is 7.